The van der Waals surface area contributed by atoms with Crippen LogP contribution in [0.1, 0.15) is 27.7 Å². The van der Waals surface area contributed by atoms with Crippen molar-refractivity contribution in [3.8, 4) is 0 Å². The Morgan fingerprint density at radius 2 is 1.86 bits per heavy atom. The number of nitrogens with two attached hydrogens (primary N) is 2. The Hall–Kier alpha value is -0.600. The second-order valence-electron chi connectivity index (χ2n) is 5.36. The van der Waals surface area contributed by atoms with E-state index in [1.165, 1.54) is 0 Å². The first-order valence-electron chi connectivity index (χ1n) is 5.19. The Morgan fingerprint density at radius 1 is 1.29 bits per heavy atom. The molecule has 2 heteroatoms. The first-order valence-corrected chi connectivity index (χ1v) is 5.19. The predicted molar refractivity (Wildman–Crippen MR) is 61.8 cm³/mol. The van der Waals surface area contributed by atoms with Gasteiger partial charge in [-0.15, -0.1) is 0 Å². The zero-order valence-corrected chi connectivity index (χ0v) is 9.62. The van der Waals surface area contributed by atoms with Crippen LogP contribution in [0.2, 0.25) is 0 Å². The molecule has 0 aromatic rings. The van der Waals surface area contributed by atoms with Crippen LogP contribution in [0.15, 0.2) is 24.3 Å². The molecule has 0 aromatic heterocycles. The molecule has 4 N–H and O–H groups in total. The Bertz CT molecular complexity index is 260. The van der Waals surface area contributed by atoms with Crippen molar-refractivity contribution in [2.45, 2.75) is 39.3 Å². The van der Waals surface area contributed by atoms with Crippen LogP contribution >= 0.6 is 0 Å². The number of hydrogen-bond acceptors (Lipinski definition) is 2. The van der Waals surface area contributed by atoms with Crippen molar-refractivity contribution in [2.24, 2.45) is 22.8 Å². The van der Waals surface area contributed by atoms with Gasteiger partial charge in [0.2, 0.25) is 0 Å². The summed E-state index contributed by atoms with van der Waals surface area (Å²) < 4.78 is 0. The van der Waals surface area contributed by atoms with Crippen molar-refractivity contribution < 1.29 is 0 Å². The Labute approximate surface area is 87.0 Å². The van der Waals surface area contributed by atoms with Crippen LogP contribution in [0.25, 0.3) is 0 Å². The lowest BCUT2D eigenvalue weighted by Gasteiger charge is -2.44. The molecule has 0 spiro atoms. The molecule has 0 amide bonds. The van der Waals surface area contributed by atoms with Crippen molar-refractivity contribution >= 4 is 0 Å². The summed E-state index contributed by atoms with van der Waals surface area (Å²) in [7, 11) is 0. The van der Waals surface area contributed by atoms with Crippen molar-refractivity contribution in [3.05, 3.63) is 24.3 Å². The molecule has 0 bridgehead atoms. The van der Waals surface area contributed by atoms with Crippen LogP contribution in [0.4, 0.5) is 0 Å². The van der Waals surface area contributed by atoms with E-state index in [0.29, 0.717) is 5.92 Å². The summed E-state index contributed by atoms with van der Waals surface area (Å²) in [5.74, 6) is 0.339. The average Bonchev–Trinajstić information content (AvgIpc) is 2.07. The highest BCUT2D eigenvalue weighted by molar-refractivity contribution is 5.28. The normalized spacial score (nSPS) is 34.6. The molecule has 14 heavy (non-hydrogen) atoms. The molecule has 1 aliphatic carbocycles. The maximum Gasteiger partial charge on any atom is 0.0563 e. The third-order valence-electron chi connectivity index (χ3n) is 3.44. The maximum absolute atomic E-state index is 6.37. The molecular formula is C12H22N2. The smallest absolute Gasteiger partial charge is 0.0563 e. The molecule has 3 atom stereocenters. The number of hydrogen-bond donors (Lipinski definition) is 2. The second-order valence-corrected chi connectivity index (χ2v) is 5.36. The molecule has 0 heterocycles. The van der Waals surface area contributed by atoms with Gasteiger partial charge in [0, 0.05) is 6.04 Å². The van der Waals surface area contributed by atoms with Crippen molar-refractivity contribution in [2.75, 3.05) is 0 Å². The SMILES string of the molecule is CC(C(C)(C)C)C1(N)C=CC=CC1N. The van der Waals surface area contributed by atoms with Crippen LogP contribution in [0.5, 0.6) is 0 Å². The summed E-state index contributed by atoms with van der Waals surface area (Å²) >= 11 is 0. The Morgan fingerprint density at radius 3 is 2.29 bits per heavy atom. The molecule has 0 saturated carbocycles. The fraction of sp³-hybridized carbons (Fsp3) is 0.667. The van der Waals surface area contributed by atoms with Gasteiger partial charge < -0.3 is 11.5 Å². The highest BCUT2D eigenvalue weighted by Gasteiger charge is 2.41. The van der Waals surface area contributed by atoms with E-state index in [4.69, 9.17) is 11.5 Å². The lowest BCUT2D eigenvalue weighted by atomic mass is 9.66. The van der Waals surface area contributed by atoms with E-state index >= 15 is 0 Å². The molecule has 1 rings (SSSR count). The first kappa shape index (κ1) is 11.5. The largest absolute Gasteiger partial charge is 0.323 e. The van der Waals surface area contributed by atoms with Crippen LogP contribution < -0.4 is 11.5 Å². The van der Waals surface area contributed by atoms with Crippen LogP contribution in [-0.2, 0) is 0 Å². The molecule has 0 saturated heterocycles. The van der Waals surface area contributed by atoms with E-state index in [-0.39, 0.29) is 11.5 Å². The fourth-order valence-electron chi connectivity index (χ4n) is 1.87. The quantitative estimate of drug-likeness (QED) is 0.669. The van der Waals surface area contributed by atoms with E-state index in [1.807, 2.05) is 24.3 Å². The minimum atomic E-state index is -0.410. The van der Waals surface area contributed by atoms with Gasteiger partial charge in [-0.05, 0) is 11.3 Å². The van der Waals surface area contributed by atoms with E-state index in [9.17, 15) is 0 Å². The van der Waals surface area contributed by atoms with Crippen LogP contribution in [0, 0.1) is 11.3 Å². The minimum Gasteiger partial charge on any atom is -0.323 e. The summed E-state index contributed by atoms with van der Waals surface area (Å²) in [5.41, 5.74) is 12.2. The predicted octanol–water partition coefficient (Wildman–Crippen LogP) is 1.82. The Kier molecular flexibility index (Phi) is 2.88. The van der Waals surface area contributed by atoms with Gasteiger partial charge in [0.15, 0.2) is 0 Å². The lowest BCUT2D eigenvalue weighted by Crippen LogP contribution is -2.60. The summed E-state index contributed by atoms with van der Waals surface area (Å²) in [4.78, 5) is 0. The highest BCUT2D eigenvalue weighted by Crippen LogP contribution is 2.36. The number of rotatable bonds is 1. The van der Waals surface area contributed by atoms with Crippen molar-refractivity contribution in [1.82, 2.24) is 0 Å². The zero-order chi connectivity index (χ0) is 11.0. The van der Waals surface area contributed by atoms with Crippen molar-refractivity contribution in [1.29, 1.82) is 0 Å². The van der Waals surface area contributed by atoms with E-state index in [0.717, 1.165) is 0 Å². The van der Waals surface area contributed by atoms with Gasteiger partial charge in [0.05, 0.1) is 5.54 Å². The summed E-state index contributed by atoms with van der Waals surface area (Å²) in [6.07, 6.45) is 7.96. The van der Waals surface area contributed by atoms with E-state index < -0.39 is 5.54 Å². The summed E-state index contributed by atoms with van der Waals surface area (Å²) in [6, 6.07) is -0.0817. The Balaban J connectivity index is 2.95. The van der Waals surface area contributed by atoms with Crippen LogP contribution in [-0.4, -0.2) is 11.6 Å². The van der Waals surface area contributed by atoms with Gasteiger partial charge in [-0.1, -0.05) is 52.0 Å². The van der Waals surface area contributed by atoms with Gasteiger partial charge >= 0.3 is 0 Å². The molecule has 80 valence electrons. The lowest BCUT2D eigenvalue weighted by molar-refractivity contribution is 0.165. The third kappa shape index (κ3) is 1.91. The fourth-order valence-corrected chi connectivity index (χ4v) is 1.87. The molecule has 2 nitrogen and oxygen atoms in total. The van der Waals surface area contributed by atoms with Crippen LogP contribution in [0.3, 0.4) is 0 Å². The first-order chi connectivity index (χ1) is 6.28. The molecule has 0 radical (unpaired) electrons. The third-order valence-corrected chi connectivity index (χ3v) is 3.44. The molecular weight excluding hydrogens is 172 g/mol. The number of allylic oxidation sites excluding steroid dienone is 2. The highest BCUT2D eigenvalue weighted by atomic mass is 14.9. The topological polar surface area (TPSA) is 52.0 Å². The molecule has 0 aromatic carbocycles. The molecule has 0 fully saturated rings. The van der Waals surface area contributed by atoms with Gasteiger partial charge in [0.25, 0.3) is 0 Å². The maximum atomic E-state index is 6.37. The minimum absolute atomic E-state index is 0.0817. The summed E-state index contributed by atoms with van der Waals surface area (Å²) in [6.45, 7) is 8.77. The van der Waals surface area contributed by atoms with Gasteiger partial charge in [-0.2, -0.15) is 0 Å². The molecule has 1 aliphatic rings. The zero-order valence-electron chi connectivity index (χ0n) is 9.62. The van der Waals surface area contributed by atoms with Gasteiger partial charge in [-0.3, -0.25) is 0 Å². The molecule has 0 aliphatic heterocycles. The van der Waals surface area contributed by atoms with Crippen molar-refractivity contribution in [3.63, 3.8) is 0 Å². The molecule has 3 unspecified atom stereocenters. The van der Waals surface area contributed by atoms with Gasteiger partial charge in [0.1, 0.15) is 0 Å². The van der Waals surface area contributed by atoms with Gasteiger partial charge in [-0.25, -0.2) is 0 Å². The monoisotopic (exact) mass is 194 g/mol. The average molecular weight is 194 g/mol. The van der Waals surface area contributed by atoms with E-state index in [2.05, 4.69) is 27.7 Å². The second kappa shape index (κ2) is 3.52. The standard InChI is InChI=1S/C12H22N2/c1-9(11(2,3)4)12(14)8-6-5-7-10(12)13/h5-10H,13-14H2,1-4H3. The summed E-state index contributed by atoms with van der Waals surface area (Å²) in [5, 5.41) is 0. The van der Waals surface area contributed by atoms with E-state index in [1.54, 1.807) is 0 Å².